The average molecular weight is 194 g/mol. The molecule has 1 aromatic rings. The van der Waals surface area contributed by atoms with Gasteiger partial charge in [0, 0.05) is 6.07 Å². The molecule has 2 N–H and O–H groups in total. The van der Waals surface area contributed by atoms with Crippen molar-refractivity contribution in [1.82, 2.24) is 9.97 Å². The third-order valence-electron chi connectivity index (χ3n) is 2.79. The first-order valence-electron chi connectivity index (χ1n) is 4.44. The number of rotatable bonds is 2. The number of H-pyrrole nitrogens is 1. The van der Waals surface area contributed by atoms with Crippen LogP contribution < -0.4 is 5.56 Å². The maximum absolute atomic E-state index is 11.1. The smallest absolute Gasteiger partial charge is 0.315 e. The third-order valence-corrected chi connectivity index (χ3v) is 2.79. The summed E-state index contributed by atoms with van der Waals surface area (Å²) in [5.74, 6) is -0.887. The minimum absolute atomic E-state index is 0.303. The first kappa shape index (κ1) is 8.93. The average Bonchev–Trinajstić information content (AvgIpc) is 2.00. The molecule has 1 fully saturated rings. The summed E-state index contributed by atoms with van der Waals surface area (Å²) in [6.45, 7) is 0. The van der Waals surface area contributed by atoms with E-state index >= 15 is 0 Å². The highest BCUT2D eigenvalue weighted by Crippen LogP contribution is 2.42. The second-order valence-corrected chi connectivity index (χ2v) is 3.54. The van der Waals surface area contributed by atoms with Crippen molar-refractivity contribution in [3.8, 4) is 0 Å². The summed E-state index contributed by atoms with van der Waals surface area (Å²) in [6.07, 6.45) is 3.26. The summed E-state index contributed by atoms with van der Waals surface area (Å²) in [6, 6.07) is 1.27. The number of hydrogen-bond acceptors (Lipinski definition) is 3. The Labute approximate surface area is 79.8 Å². The molecular weight excluding hydrogens is 184 g/mol. The van der Waals surface area contributed by atoms with Crippen LogP contribution in [0.4, 0.5) is 0 Å². The molecule has 1 aliphatic carbocycles. The van der Waals surface area contributed by atoms with Crippen LogP contribution in [0.25, 0.3) is 0 Å². The van der Waals surface area contributed by atoms with Gasteiger partial charge in [-0.3, -0.25) is 9.59 Å². The Morgan fingerprint density at radius 3 is 2.71 bits per heavy atom. The first-order chi connectivity index (χ1) is 6.65. The lowest BCUT2D eigenvalue weighted by Crippen LogP contribution is -2.43. The van der Waals surface area contributed by atoms with Gasteiger partial charge in [-0.15, -0.1) is 0 Å². The SMILES string of the molecule is O=C(O)C1(c2cc(=O)[nH]cn2)CCC1. The number of aromatic amines is 1. The number of carbonyl (C=O) groups is 1. The van der Waals surface area contributed by atoms with Crippen LogP contribution >= 0.6 is 0 Å². The number of aromatic nitrogens is 2. The van der Waals surface area contributed by atoms with Crippen LogP contribution in [0.1, 0.15) is 25.0 Å². The Balaban J connectivity index is 2.47. The molecule has 1 aromatic heterocycles. The van der Waals surface area contributed by atoms with Crippen molar-refractivity contribution in [3.05, 3.63) is 28.4 Å². The van der Waals surface area contributed by atoms with Gasteiger partial charge in [0.25, 0.3) is 5.56 Å². The molecule has 1 heterocycles. The standard InChI is InChI=1S/C9H10N2O3/c12-7-4-6(10-5-11-7)9(8(13)14)2-1-3-9/h4-5H,1-3H2,(H,13,14)(H,10,11,12). The molecule has 5 heteroatoms. The highest BCUT2D eigenvalue weighted by atomic mass is 16.4. The predicted octanol–water partition coefficient (Wildman–Crippen LogP) is 0.276. The largest absolute Gasteiger partial charge is 0.481 e. The Morgan fingerprint density at radius 1 is 1.57 bits per heavy atom. The van der Waals surface area contributed by atoms with Crippen LogP contribution in [0.3, 0.4) is 0 Å². The molecule has 1 aliphatic rings. The van der Waals surface area contributed by atoms with E-state index in [4.69, 9.17) is 5.11 Å². The van der Waals surface area contributed by atoms with Gasteiger partial charge in [-0.05, 0) is 12.8 Å². The minimum atomic E-state index is -0.908. The monoisotopic (exact) mass is 194 g/mol. The quantitative estimate of drug-likeness (QED) is 0.708. The molecule has 0 amide bonds. The number of aliphatic carboxylic acids is 1. The van der Waals surface area contributed by atoms with Crippen molar-refractivity contribution >= 4 is 5.97 Å². The maximum Gasteiger partial charge on any atom is 0.315 e. The van der Waals surface area contributed by atoms with Crippen molar-refractivity contribution in [3.63, 3.8) is 0 Å². The van der Waals surface area contributed by atoms with Crippen molar-refractivity contribution in [2.45, 2.75) is 24.7 Å². The molecule has 0 aliphatic heterocycles. The van der Waals surface area contributed by atoms with Gasteiger partial charge in [0.2, 0.25) is 0 Å². The van der Waals surface area contributed by atoms with E-state index in [1.807, 2.05) is 0 Å². The van der Waals surface area contributed by atoms with Crippen LogP contribution in [0.2, 0.25) is 0 Å². The molecule has 2 rings (SSSR count). The maximum atomic E-state index is 11.1. The van der Waals surface area contributed by atoms with Gasteiger partial charge in [-0.25, -0.2) is 4.98 Å². The van der Waals surface area contributed by atoms with E-state index in [0.717, 1.165) is 6.42 Å². The van der Waals surface area contributed by atoms with Crippen molar-refractivity contribution in [1.29, 1.82) is 0 Å². The molecule has 5 nitrogen and oxygen atoms in total. The van der Waals surface area contributed by atoms with E-state index in [0.29, 0.717) is 18.5 Å². The lowest BCUT2D eigenvalue weighted by molar-refractivity contribution is -0.147. The Kier molecular flexibility index (Phi) is 1.87. The van der Waals surface area contributed by atoms with E-state index in [-0.39, 0.29) is 5.56 Å². The van der Waals surface area contributed by atoms with Gasteiger partial charge in [-0.2, -0.15) is 0 Å². The highest BCUT2D eigenvalue weighted by molar-refractivity contribution is 5.81. The van der Waals surface area contributed by atoms with Gasteiger partial charge >= 0.3 is 5.97 Å². The second-order valence-electron chi connectivity index (χ2n) is 3.54. The lowest BCUT2D eigenvalue weighted by atomic mass is 9.66. The van der Waals surface area contributed by atoms with Gasteiger partial charge < -0.3 is 10.1 Å². The summed E-state index contributed by atoms with van der Waals surface area (Å²) in [5, 5.41) is 9.08. The molecule has 0 unspecified atom stereocenters. The van der Waals surface area contributed by atoms with E-state index in [1.54, 1.807) is 0 Å². The fourth-order valence-corrected chi connectivity index (χ4v) is 1.74. The molecule has 14 heavy (non-hydrogen) atoms. The van der Waals surface area contributed by atoms with E-state index in [1.165, 1.54) is 12.4 Å². The molecule has 0 spiro atoms. The van der Waals surface area contributed by atoms with Gasteiger partial charge in [0.15, 0.2) is 0 Å². The lowest BCUT2D eigenvalue weighted by Gasteiger charge is -2.36. The zero-order valence-corrected chi connectivity index (χ0v) is 7.49. The molecule has 0 aromatic carbocycles. The Morgan fingerprint density at radius 2 is 2.29 bits per heavy atom. The van der Waals surface area contributed by atoms with E-state index in [2.05, 4.69) is 9.97 Å². The molecule has 0 saturated heterocycles. The van der Waals surface area contributed by atoms with Crippen molar-refractivity contribution in [2.75, 3.05) is 0 Å². The van der Waals surface area contributed by atoms with E-state index in [9.17, 15) is 9.59 Å². The topological polar surface area (TPSA) is 83.0 Å². The van der Waals surface area contributed by atoms with E-state index < -0.39 is 11.4 Å². The number of nitrogens with one attached hydrogen (secondary N) is 1. The van der Waals surface area contributed by atoms with Crippen LogP contribution in [0.15, 0.2) is 17.2 Å². The normalized spacial score (nSPS) is 18.6. The van der Waals surface area contributed by atoms with Gasteiger partial charge in [-0.1, -0.05) is 6.42 Å². The molecular formula is C9H10N2O3. The summed E-state index contributed by atoms with van der Waals surface area (Å²) < 4.78 is 0. The third kappa shape index (κ3) is 1.13. The summed E-state index contributed by atoms with van der Waals surface area (Å²) >= 11 is 0. The molecule has 0 atom stereocenters. The highest BCUT2D eigenvalue weighted by Gasteiger charge is 2.47. The van der Waals surface area contributed by atoms with Crippen LogP contribution in [0, 0.1) is 0 Å². The number of hydrogen-bond donors (Lipinski definition) is 2. The zero-order chi connectivity index (χ0) is 10.2. The Hall–Kier alpha value is -1.65. The van der Waals surface area contributed by atoms with Crippen LogP contribution in [-0.4, -0.2) is 21.0 Å². The molecule has 1 saturated carbocycles. The fourth-order valence-electron chi connectivity index (χ4n) is 1.74. The summed E-state index contributed by atoms with van der Waals surface area (Å²) in [4.78, 5) is 28.4. The van der Waals surface area contributed by atoms with Crippen LogP contribution in [0.5, 0.6) is 0 Å². The van der Waals surface area contributed by atoms with Gasteiger partial charge in [0.05, 0.1) is 12.0 Å². The summed E-state index contributed by atoms with van der Waals surface area (Å²) in [5.41, 5.74) is -0.837. The molecule has 74 valence electrons. The van der Waals surface area contributed by atoms with Crippen LogP contribution in [-0.2, 0) is 10.2 Å². The predicted molar refractivity (Wildman–Crippen MR) is 48.0 cm³/mol. The number of nitrogens with zero attached hydrogens (tertiary/aromatic N) is 1. The number of carboxylic acids is 1. The molecule has 0 bridgehead atoms. The minimum Gasteiger partial charge on any atom is -0.481 e. The fraction of sp³-hybridized carbons (Fsp3) is 0.444. The number of carboxylic acid groups (broad SMARTS) is 1. The molecule has 0 radical (unpaired) electrons. The van der Waals surface area contributed by atoms with Crippen molar-refractivity contribution in [2.24, 2.45) is 0 Å². The van der Waals surface area contributed by atoms with Gasteiger partial charge in [0.1, 0.15) is 5.41 Å². The Bertz CT molecular complexity index is 420. The first-order valence-corrected chi connectivity index (χ1v) is 4.44. The van der Waals surface area contributed by atoms with Crippen molar-refractivity contribution < 1.29 is 9.90 Å². The second kappa shape index (κ2) is 2.94. The summed E-state index contributed by atoms with van der Waals surface area (Å²) in [7, 11) is 0. The zero-order valence-electron chi connectivity index (χ0n) is 7.49.